The highest BCUT2D eigenvalue weighted by Crippen LogP contribution is 2.29. The number of aliphatic carboxylic acids is 1. The maximum atomic E-state index is 12.1. The van der Waals surface area contributed by atoms with Crippen LogP contribution >= 0.6 is 0 Å². The van der Waals surface area contributed by atoms with Gasteiger partial charge in [0, 0.05) is 19.5 Å². The van der Waals surface area contributed by atoms with Crippen LogP contribution in [0.3, 0.4) is 0 Å². The lowest BCUT2D eigenvalue weighted by Crippen LogP contribution is -2.42. The molecule has 4 nitrogen and oxygen atoms in total. The summed E-state index contributed by atoms with van der Waals surface area (Å²) in [6, 6.07) is 0. The van der Waals surface area contributed by atoms with E-state index < -0.39 is 5.97 Å². The molecule has 1 atom stereocenters. The van der Waals surface area contributed by atoms with Crippen LogP contribution in [-0.2, 0) is 9.59 Å². The molecule has 2 aliphatic rings. The number of hydrogen-bond acceptors (Lipinski definition) is 2. The quantitative estimate of drug-likeness (QED) is 0.833. The van der Waals surface area contributed by atoms with E-state index in [1.54, 1.807) is 4.90 Å². The Kier molecular flexibility index (Phi) is 5.23. The Morgan fingerprint density at radius 3 is 2.53 bits per heavy atom. The van der Waals surface area contributed by atoms with E-state index in [0.717, 1.165) is 25.3 Å². The third-order valence-electron chi connectivity index (χ3n) is 4.60. The Labute approximate surface area is 115 Å². The summed E-state index contributed by atoms with van der Waals surface area (Å²) in [6.07, 6.45) is 9.64. The summed E-state index contributed by atoms with van der Waals surface area (Å²) in [5, 5.41) is 9.02. The highest BCUT2D eigenvalue weighted by Gasteiger charge is 2.27. The predicted molar refractivity (Wildman–Crippen MR) is 72.7 cm³/mol. The number of likely N-dealkylation sites (tertiary alicyclic amines) is 1. The molecule has 0 spiro atoms. The van der Waals surface area contributed by atoms with Gasteiger partial charge in [0.2, 0.25) is 5.91 Å². The number of rotatable bonds is 5. The number of amides is 1. The van der Waals surface area contributed by atoms with Crippen LogP contribution in [0.15, 0.2) is 0 Å². The SMILES string of the molecule is O=C(O)[C@H]1CCCN(C(=O)CCCC2CCCC2)C1. The van der Waals surface area contributed by atoms with E-state index in [0.29, 0.717) is 19.4 Å². The molecule has 1 saturated heterocycles. The zero-order chi connectivity index (χ0) is 13.7. The molecule has 108 valence electrons. The molecule has 0 bridgehead atoms. The summed E-state index contributed by atoms with van der Waals surface area (Å²) in [5.74, 6) is -0.124. The third kappa shape index (κ3) is 4.22. The minimum Gasteiger partial charge on any atom is -0.481 e. The van der Waals surface area contributed by atoms with Gasteiger partial charge in [-0.25, -0.2) is 0 Å². The van der Waals surface area contributed by atoms with Crippen molar-refractivity contribution in [2.75, 3.05) is 13.1 Å². The fourth-order valence-corrected chi connectivity index (χ4v) is 3.40. The van der Waals surface area contributed by atoms with E-state index in [4.69, 9.17) is 5.11 Å². The lowest BCUT2D eigenvalue weighted by atomic mass is 9.97. The lowest BCUT2D eigenvalue weighted by molar-refractivity contribution is -0.145. The van der Waals surface area contributed by atoms with Gasteiger partial charge in [0.25, 0.3) is 0 Å². The van der Waals surface area contributed by atoms with E-state index in [9.17, 15) is 9.59 Å². The van der Waals surface area contributed by atoms with Gasteiger partial charge in [0.15, 0.2) is 0 Å². The van der Waals surface area contributed by atoms with Crippen LogP contribution in [0.25, 0.3) is 0 Å². The number of carboxylic acid groups (broad SMARTS) is 1. The standard InChI is InChI=1S/C15H25NO3/c17-14(9-3-7-12-5-1-2-6-12)16-10-4-8-13(11-16)15(18)19/h12-13H,1-11H2,(H,18,19)/t13-/m0/s1. The van der Waals surface area contributed by atoms with E-state index in [2.05, 4.69) is 0 Å². The molecular formula is C15H25NO3. The van der Waals surface area contributed by atoms with Crippen molar-refractivity contribution in [3.05, 3.63) is 0 Å². The molecule has 0 aromatic carbocycles. The second-order valence-corrected chi connectivity index (χ2v) is 6.06. The number of nitrogens with zero attached hydrogens (tertiary/aromatic N) is 1. The molecule has 0 aromatic heterocycles. The molecule has 1 saturated carbocycles. The molecule has 0 unspecified atom stereocenters. The van der Waals surface area contributed by atoms with E-state index in [-0.39, 0.29) is 11.8 Å². The average molecular weight is 267 g/mol. The van der Waals surface area contributed by atoms with E-state index >= 15 is 0 Å². The highest BCUT2D eigenvalue weighted by molar-refractivity contribution is 5.78. The maximum absolute atomic E-state index is 12.1. The van der Waals surface area contributed by atoms with Crippen molar-refractivity contribution in [3.63, 3.8) is 0 Å². The van der Waals surface area contributed by atoms with Crippen molar-refractivity contribution in [1.29, 1.82) is 0 Å². The van der Waals surface area contributed by atoms with Crippen LogP contribution in [0.2, 0.25) is 0 Å². The number of hydrogen-bond donors (Lipinski definition) is 1. The maximum Gasteiger partial charge on any atom is 0.308 e. The highest BCUT2D eigenvalue weighted by atomic mass is 16.4. The summed E-state index contributed by atoms with van der Waals surface area (Å²) in [4.78, 5) is 24.8. The zero-order valence-corrected chi connectivity index (χ0v) is 11.6. The molecule has 4 heteroatoms. The van der Waals surface area contributed by atoms with Crippen LogP contribution in [0, 0.1) is 11.8 Å². The third-order valence-corrected chi connectivity index (χ3v) is 4.60. The smallest absolute Gasteiger partial charge is 0.308 e. The monoisotopic (exact) mass is 267 g/mol. The first-order chi connectivity index (χ1) is 9.16. The van der Waals surface area contributed by atoms with Gasteiger partial charge in [-0.3, -0.25) is 9.59 Å². The Morgan fingerprint density at radius 1 is 1.11 bits per heavy atom. The largest absolute Gasteiger partial charge is 0.481 e. The van der Waals surface area contributed by atoms with E-state index in [1.165, 1.54) is 32.1 Å². The Balaban J connectivity index is 1.68. The topological polar surface area (TPSA) is 57.6 Å². The van der Waals surface area contributed by atoms with Gasteiger partial charge in [-0.2, -0.15) is 0 Å². The minimum absolute atomic E-state index is 0.156. The number of piperidine rings is 1. The first-order valence-electron chi connectivity index (χ1n) is 7.67. The zero-order valence-electron chi connectivity index (χ0n) is 11.6. The van der Waals surface area contributed by atoms with Crippen LogP contribution in [0.5, 0.6) is 0 Å². The first kappa shape index (κ1) is 14.4. The second-order valence-electron chi connectivity index (χ2n) is 6.06. The van der Waals surface area contributed by atoms with Gasteiger partial charge < -0.3 is 10.0 Å². The molecule has 1 N–H and O–H groups in total. The lowest BCUT2D eigenvalue weighted by Gasteiger charge is -2.30. The molecule has 19 heavy (non-hydrogen) atoms. The fraction of sp³-hybridized carbons (Fsp3) is 0.867. The molecule has 1 amide bonds. The molecule has 1 aliphatic heterocycles. The van der Waals surface area contributed by atoms with E-state index in [1.807, 2.05) is 0 Å². The van der Waals surface area contributed by atoms with Crippen molar-refractivity contribution in [2.45, 2.75) is 57.8 Å². The van der Waals surface area contributed by atoms with Gasteiger partial charge in [-0.05, 0) is 31.6 Å². The van der Waals surface area contributed by atoms with Gasteiger partial charge in [-0.15, -0.1) is 0 Å². The van der Waals surface area contributed by atoms with Gasteiger partial charge in [0.05, 0.1) is 5.92 Å². The Hall–Kier alpha value is -1.06. The predicted octanol–water partition coefficient (Wildman–Crippen LogP) is 2.67. The van der Waals surface area contributed by atoms with Crippen molar-refractivity contribution in [2.24, 2.45) is 11.8 Å². The van der Waals surface area contributed by atoms with Crippen LogP contribution < -0.4 is 0 Å². The summed E-state index contributed by atoms with van der Waals surface area (Å²) in [6.45, 7) is 1.16. The number of carbonyl (C=O) groups is 2. The van der Waals surface area contributed by atoms with Crippen LogP contribution in [0.1, 0.15) is 57.8 Å². The molecular weight excluding hydrogens is 242 g/mol. The van der Waals surface area contributed by atoms with Crippen LogP contribution in [-0.4, -0.2) is 35.0 Å². The normalized spacial score (nSPS) is 24.6. The summed E-state index contributed by atoms with van der Waals surface area (Å²) >= 11 is 0. The summed E-state index contributed by atoms with van der Waals surface area (Å²) < 4.78 is 0. The molecule has 1 aliphatic carbocycles. The number of carbonyl (C=O) groups excluding carboxylic acids is 1. The van der Waals surface area contributed by atoms with Crippen molar-refractivity contribution in [1.82, 2.24) is 4.90 Å². The summed E-state index contributed by atoms with van der Waals surface area (Å²) in [5.41, 5.74) is 0. The Bertz CT molecular complexity index is 323. The first-order valence-corrected chi connectivity index (χ1v) is 7.67. The fourth-order valence-electron chi connectivity index (χ4n) is 3.40. The summed E-state index contributed by atoms with van der Waals surface area (Å²) in [7, 11) is 0. The van der Waals surface area contributed by atoms with Crippen molar-refractivity contribution in [3.8, 4) is 0 Å². The Morgan fingerprint density at radius 2 is 1.84 bits per heavy atom. The van der Waals surface area contributed by atoms with Crippen LogP contribution in [0.4, 0.5) is 0 Å². The van der Waals surface area contributed by atoms with Crippen molar-refractivity contribution < 1.29 is 14.7 Å². The molecule has 0 aromatic rings. The molecule has 2 rings (SSSR count). The molecule has 1 heterocycles. The average Bonchev–Trinajstić information content (AvgIpc) is 2.92. The molecule has 0 radical (unpaired) electrons. The second kappa shape index (κ2) is 6.92. The van der Waals surface area contributed by atoms with Gasteiger partial charge in [-0.1, -0.05) is 25.7 Å². The van der Waals surface area contributed by atoms with Gasteiger partial charge >= 0.3 is 5.97 Å². The van der Waals surface area contributed by atoms with Crippen molar-refractivity contribution >= 4 is 11.9 Å². The number of carboxylic acids is 1. The van der Waals surface area contributed by atoms with Gasteiger partial charge in [0.1, 0.15) is 0 Å². The molecule has 2 fully saturated rings. The minimum atomic E-state index is -0.761.